The summed E-state index contributed by atoms with van der Waals surface area (Å²) in [5.41, 5.74) is 0. The van der Waals surface area contributed by atoms with Gasteiger partial charge in [-0.25, -0.2) is 0 Å². The Labute approximate surface area is 134 Å². The highest BCUT2D eigenvalue weighted by atomic mass is 16.3. The summed E-state index contributed by atoms with van der Waals surface area (Å²) in [6.07, 6.45) is 6.58. The third-order valence-electron chi connectivity index (χ3n) is 5.67. The number of aliphatic hydroxyl groups excluding tert-OH is 1. The molecule has 0 radical (unpaired) electrons. The molecule has 2 N–H and O–H groups in total. The fraction of sp³-hybridized carbons (Fsp3) is 0.941. The number of likely N-dealkylation sites (tertiary alicyclic amines) is 2. The number of nitrogens with zero attached hydrogens (tertiary/aromatic N) is 2. The largest absolute Gasteiger partial charge is 0.392 e. The number of hydrogen-bond donors (Lipinski definition) is 2. The molecule has 3 aliphatic heterocycles. The average molecular weight is 309 g/mol. The van der Waals surface area contributed by atoms with Crippen LogP contribution in [0.4, 0.5) is 0 Å². The molecule has 0 aromatic rings. The molecule has 22 heavy (non-hydrogen) atoms. The zero-order chi connectivity index (χ0) is 15.5. The van der Waals surface area contributed by atoms with E-state index in [1.165, 1.54) is 32.2 Å². The van der Waals surface area contributed by atoms with Crippen LogP contribution in [0.25, 0.3) is 0 Å². The Morgan fingerprint density at radius 1 is 1.23 bits per heavy atom. The first kappa shape index (κ1) is 16.2. The van der Waals surface area contributed by atoms with Crippen molar-refractivity contribution in [1.29, 1.82) is 0 Å². The van der Waals surface area contributed by atoms with Gasteiger partial charge in [-0.05, 0) is 51.5 Å². The minimum atomic E-state index is -0.358. The van der Waals surface area contributed by atoms with Gasteiger partial charge in [-0.1, -0.05) is 6.42 Å². The Bertz CT molecular complexity index is 390. The number of piperidine rings is 2. The molecule has 0 spiro atoms. The van der Waals surface area contributed by atoms with Gasteiger partial charge in [0.25, 0.3) is 0 Å². The molecule has 3 fully saturated rings. The number of carbonyl (C=O) groups excluding carboxylic acids is 1. The van der Waals surface area contributed by atoms with Gasteiger partial charge in [-0.3, -0.25) is 4.79 Å². The van der Waals surface area contributed by atoms with E-state index in [0.717, 1.165) is 26.1 Å². The summed E-state index contributed by atoms with van der Waals surface area (Å²) in [5.74, 6) is 0.817. The second-order valence-electron chi connectivity index (χ2n) is 7.48. The third-order valence-corrected chi connectivity index (χ3v) is 5.67. The lowest BCUT2D eigenvalue weighted by molar-refractivity contribution is -0.135. The second kappa shape index (κ2) is 7.28. The van der Waals surface area contributed by atoms with Crippen molar-refractivity contribution in [3.8, 4) is 0 Å². The first-order valence-corrected chi connectivity index (χ1v) is 9.08. The molecule has 3 saturated heterocycles. The average Bonchev–Trinajstić information content (AvgIpc) is 2.96. The van der Waals surface area contributed by atoms with Crippen LogP contribution in [0.3, 0.4) is 0 Å². The number of aliphatic hydroxyl groups is 1. The lowest BCUT2D eigenvalue weighted by atomic mass is 9.94. The van der Waals surface area contributed by atoms with E-state index in [9.17, 15) is 9.90 Å². The zero-order valence-electron chi connectivity index (χ0n) is 13.8. The van der Waals surface area contributed by atoms with Gasteiger partial charge >= 0.3 is 0 Å². The van der Waals surface area contributed by atoms with Gasteiger partial charge in [-0.2, -0.15) is 0 Å². The predicted molar refractivity (Wildman–Crippen MR) is 86.6 cm³/mol. The third kappa shape index (κ3) is 3.81. The van der Waals surface area contributed by atoms with E-state index in [0.29, 0.717) is 24.9 Å². The Morgan fingerprint density at radius 2 is 2.09 bits per heavy atom. The summed E-state index contributed by atoms with van der Waals surface area (Å²) in [6, 6.07) is 0.536. The summed E-state index contributed by atoms with van der Waals surface area (Å²) in [6.45, 7) is 7.05. The normalized spacial score (nSPS) is 37.5. The topological polar surface area (TPSA) is 55.8 Å². The van der Waals surface area contributed by atoms with Crippen LogP contribution in [-0.4, -0.2) is 71.7 Å². The van der Waals surface area contributed by atoms with Crippen LogP contribution in [0.15, 0.2) is 0 Å². The van der Waals surface area contributed by atoms with E-state index < -0.39 is 0 Å². The molecule has 0 aliphatic carbocycles. The van der Waals surface area contributed by atoms with Crippen LogP contribution in [0, 0.1) is 5.92 Å². The van der Waals surface area contributed by atoms with Crippen LogP contribution < -0.4 is 5.32 Å². The van der Waals surface area contributed by atoms with E-state index in [1.807, 2.05) is 4.90 Å². The van der Waals surface area contributed by atoms with Crippen molar-refractivity contribution in [2.75, 3.05) is 32.7 Å². The molecule has 3 heterocycles. The summed E-state index contributed by atoms with van der Waals surface area (Å²) in [4.78, 5) is 17.3. The van der Waals surface area contributed by atoms with Gasteiger partial charge in [0.05, 0.1) is 12.1 Å². The van der Waals surface area contributed by atoms with Crippen LogP contribution in [0.5, 0.6) is 0 Å². The number of amides is 1. The van der Waals surface area contributed by atoms with Crippen molar-refractivity contribution in [2.45, 2.75) is 63.6 Å². The highest BCUT2D eigenvalue weighted by Crippen LogP contribution is 2.23. The molecule has 3 rings (SSSR count). The standard InChI is InChI=1S/C17H31N3O2/c1-13-5-2-3-7-19(13)11-14-6-4-8-20(12-14)17(22)16-9-15(21)10-18-16/h13-16,18,21H,2-12H2,1H3. The summed E-state index contributed by atoms with van der Waals surface area (Å²) < 4.78 is 0. The molecule has 4 unspecified atom stereocenters. The maximum atomic E-state index is 12.6. The first-order chi connectivity index (χ1) is 10.6. The molecule has 126 valence electrons. The Morgan fingerprint density at radius 3 is 2.82 bits per heavy atom. The van der Waals surface area contributed by atoms with Gasteiger partial charge in [0, 0.05) is 32.2 Å². The van der Waals surface area contributed by atoms with Crippen molar-refractivity contribution in [3.63, 3.8) is 0 Å². The van der Waals surface area contributed by atoms with Gasteiger partial charge in [0.15, 0.2) is 0 Å². The lowest BCUT2D eigenvalue weighted by Crippen LogP contribution is -2.50. The van der Waals surface area contributed by atoms with Gasteiger partial charge in [0.2, 0.25) is 5.91 Å². The molecule has 0 aromatic carbocycles. The summed E-state index contributed by atoms with van der Waals surface area (Å²) >= 11 is 0. The van der Waals surface area contributed by atoms with Crippen LogP contribution in [0.1, 0.15) is 45.4 Å². The van der Waals surface area contributed by atoms with Gasteiger partial charge < -0.3 is 20.2 Å². The molecule has 5 heteroatoms. The van der Waals surface area contributed by atoms with Crippen molar-refractivity contribution >= 4 is 5.91 Å². The van der Waals surface area contributed by atoms with Crippen molar-refractivity contribution in [2.24, 2.45) is 5.92 Å². The van der Waals surface area contributed by atoms with E-state index in [4.69, 9.17) is 0 Å². The molecular weight excluding hydrogens is 278 g/mol. The summed E-state index contributed by atoms with van der Waals surface area (Å²) in [5, 5.41) is 12.8. The van der Waals surface area contributed by atoms with Crippen molar-refractivity contribution in [3.05, 3.63) is 0 Å². The van der Waals surface area contributed by atoms with Crippen LogP contribution in [-0.2, 0) is 4.79 Å². The lowest BCUT2D eigenvalue weighted by Gasteiger charge is -2.40. The molecule has 3 aliphatic rings. The Kier molecular flexibility index (Phi) is 5.37. The van der Waals surface area contributed by atoms with Crippen LogP contribution >= 0.6 is 0 Å². The number of carbonyl (C=O) groups is 1. The predicted octanol–water partition coefficient (Wildman–Crippen LogP) is 0.822. The van der Waals surface area contributed by atoms with Crippen molar-refractivity contribution < 1.29 is 9.90 Å². The maximum absolute atomic E-state index is 12.6. The van der Waals surface area contributed by atoms with E-state index in [2.05, 4.69) is 17.1 Å². The zero-order valence-corrected chi connectivity index (χ0v) is 13.8. The van der Waals surface area contributed by atoms with Gasteiger partial charge in [-0.15, -0.1) is 0 Å². The fourth-order valence-corrected chi connectivity index (χ4v) is 4.30. The van der Waals surface area contributed by atoms with E-state index in [1.54, 1.807) is 0 Å². The molecule has 1 amide bonds. The quantitative estimate of drug-likeness (QED) is 0.810. The maximum Gasteiger partial charge on any atom is 0.239 e. The van der Waals surface area contributed by atoms with E-state index >= 15 is 0 Å². The number of rotatable bonds is 3. The molecular formula is C17H31N3O2. The minimum Gasteiger partial charge on any atom is -0.392 e. The smallest absolute Gasteiger partial charge is 0.239 e. The SMILES string of the molecule is CC1CCCCN1CC1CCCN(C(=O)C2CC(O)CN2)C1. The Hall–Kier alpha value is -0.650. The number of nitrogens with one attached hydrogen (secondary N) is 1. The van der Waals surface area contributed by atoms with E-state index in [-0.39, 0.29) is 18.1 Å². The summed E-state index contributed by atoms with van der Waals surface area (Å²) in [7, 11) is 0. The molecule has 0 aromatic heterocycles. The fourth-order valence-electron chi connectivity index (χ4n) is 4.30. The minimum absolute atomic E-state index is 0.164. The number of hydrogen-bond acceptors (Lipinski definition) is 4. The molecule has 4 atom stereocenters. The van der Waals surface area contributed by atoms with Crippen LogP contribution in [0.2, 0.25) is 0 Å². The monoisotopic (exact) mass is 309 g/mol. The van der Waals surface area contributed by atoms with Crippen molar-refractivity contribution in [1.82, 2.24) is 15.1 Å². The molecule has 5 nitrogen and oxygen atoms in total. The molecule has 0 bridgehead atoms. The highest BCUT2D eigenvalue weighted by molar-refractivity contribution is 5.82. The molecule has 0 saturated carbocycles. The first-order valence-electron chi connectivity index (χ1n) is 9.08. The second-order valence-corrected chi connectivity index (χ2v) is 7.48. The van der Waals surface area contributed by atoms with Gasteiger partial charge in [0.1, 0.15) is 0 Å². The highest BCUT2D eigenvalue weighted by Gasteiger charge is 2.34. The Balaban J connectivity index is 1.51. The number of β-amino-alcohol motifs (C(OH)–C–C–N with tert-alkyl or cyclic N) is 1.